The summed E-state index contributed by atoms with van der Waals surface area (Å²) >= 11 is 0. The van der Waals surface area contributed by atoms with Crippen LogP contribution in [0.1, 0.15) is 18.4 Å². The molecule has 0 aliphatic carbocycles. The van der Waals surface area contributed by atoms with Crippen molar-refractivity contribution in [2.45, 2.75) is 25.9 Å². The van der Waals surface area contributed by atoms with Crippen LogP contribution >= 0.6 is 0 Å². The second kappa shape index (κ2) is 8.82. The van der Waals surface area contributed by atoms with Gasteiger partial charge in [0.1, 0.15) is 11.9 Å². The molecule has 0 atom stereocenters. The Kier molecular flexibility index (Phi) is 5.99. The van der Waals surface area contributed by atoms with E-state index in [0.717, 1.165) is 56.7 Å². The first-order valence-electron chi connectivity index (χ1n) is 10.3. The molecule has 1 aromatic heterocycles. The average molecular weight is 399 g/mol. The molecule has 2 aliphatic rings. The predicted molar refractivity (Wildman–Crippen MR) is 114 cm³/mol. The Morgan fingerprint density at radius 1 is 0.897 bits per heavy atom. The van der Waals surface area contributed by atoms with E-state index < -0.39 is 0 Å². The van der Waals surface area contributed by atoms with Crippen LogP contribution in [0.3, 0.4) is 0 Å². The van der Waals surface area contributed by atoms with Crippen LogP contribution in [-0.4, -0.2) is 74.5 Å². The van der Waals surface area contributed by atoms with Crippen molar-refractivity contribution in [3.63, 3.8) is 0 Å². The van der Waals surface area contributed by atoms with Gasteiger partial charge in [-0.1, -0.05) is 17.7 Å². The Balaban J connectivity index is 1.44. The van der Waals surface area contributed by atoms with Gasteiger partial charge in [0.25, 0.3) is 0 Å². The predicted octanol–water partition coefficient (Wildman–Crippen LogP) is 2.13. The summed E-state index contributed by atoms with van der Waals surface area (Å²) in [4.78, 5) is 20.5. The molecule has 2 aromatic rings. The van der Waals surface area contributed by atoms with Crippen LogP contribution in [0, 0.1) is 6.92 Å². The van der Waals surface area contributed by atoms with Gasteiger partial charge >= 0.3 is 0 Å². The molecule has 8 nitrogen and oxygen atoms in total. The highest BCUT2D eigenvalue weighted by molar-refractivity contribution is 5.46. The third kappa shape index (κ3) is 4.87. The fourth-order valence-corrected chi connectivity index (χ4v) is 3.57. The minimum absolute atomic E-state index is 0.225. The maximum absolute atomic E-state index is 6.17. The summed E-state index contributed by atoms with van der Waals surface area (Å²) in [6, 6.07) is 8.27. The lowest BCUT2D eigenvalue weighted by molar-refractivity contribution is 0.122. The van der Waals surface area contributed by atoms with Gasteiger partial charge in [0.05, 0.1) is 13.2 Å². The lowest BCUT2D eigenvalue weighted by Gasteiger charge is -2.33. The fourth-order valence-electron chi connectivity index (χ4n) is 3.57. The first kappa shape index (κ1) is 19.7. The summed E-state index contributed by atoms with van der Waals surface area (Å²) in [6.45, 7) is 6.86. The number of hydrogen-bond donors (Lipinski definition) is 0. The van der Waals surface area contributed by atoms with Crippen molar-refractivity contribution in [1.82, 2.24) is 15.0 Å². The van der Waals surface area contributed by atoms with Crippen LogP contribution in [0.5, 0.6) is 5.75 Å². The zero-order valence-corrected chi connectivity index (χ0v) is 17.5. The monoisotopic (exact) mass is 398 g/mol. The van der Waals surface area contributed by atoms with Crippen LogP contribution in [0.25, 0.3) is 0 Å². The Morgan fingerprint density at radius 3 is 2.07 bits per heavy atom. The summed E-state index contributed by atoms with van der Waals surface area (Å²) < 4.78 is 11.6. The highest BCUT2D eigenvalue weighted by Crippen LogP contribution is 2.24. The maximum atomic E-state index is 6.17. The molecule has 2 fully saturated rings. The molecule has 156 valence electrons. The minimum atomic E-state index is 0.225. The number of aromatic nitrogens is 3. The number of rotatable bonds is 5. The van der Waals surface area contributed by atoms with Crippen molar-refractivity contribution in [2.24, 2.45) is 0 Å². The number of benzene rings is 1. The van der Waals surface area contributed by atoms with Gasteiger partial charge in [0.2, 0.25) is 17.8 Å². The van der Waals surface area contributed by atoms with E-state index in [0.29, 0.717) is 19.2 Å². The molecule has 0 saturated carbocycles. The Bertz CT molecular complexity index is 799. The molecule has 0 N–H and O–H groups in total. The molecule has 0 radical (unpaired) electrons. The van der Waals surface area contributed by atoms with E-state index >= 15 is 0 Å². The lowest BCUT2D eigenvalue weighted by Crippen LogP contribution is -2.41. The van der Waals surface area contributed by atoms with Crippen LogP contribution < -0.4 is 19.4 Å². The maximum Gasteiger partial charge on any atom is 0.232 e. The summed E-state index contributed by atoms with van der Waals surface area (Å²) in [5.74, 6) is 3.12. The van der Waals surface area contributed by atoms with Crippen LogP contribution in [0.4, 0.5) is 17.8 Å². The van der Waals surface area contributed by atoms with Crippen molar-refractivity contribution in [3.8, 4) is 5.75 Å². The second-order valence-corrected chi connectivity index (χ2v) is 7.85. The smallest absolute Gasteiger partial charge is 0.232 e. The van der Waals surface area contributed by atoms with Crippen molar-refractivity contribution >= 4 is 17.8 Å². The SMILES string of the molecule is Cc1ccc(OC2CCN(c3nc(N(C)C)nc(N4CCOCC4)n3)CC2)cc1. The van der Waals surface area contributed by atoms with Gasteiger partial charge in [-0.2, -0.15) is 15.0 Å². The summed E-state index contributed by atoms with van der Waals surface area (Å²) in [5.41, 5.74) is 1.25. The topological polar surface area (TPSA) is 66.9 Å². The Morgan fingerprint density at radius 2 is 1.48 bits per heavy atom. The van der Waals surface area contributed by atoms with Gasteiger partial charge in [-0.25, -0.2) is 0 Å². The van der Waals surface area contributed by atoms with E-state index in [1.807, 2.05) is 31.1 Å². The van der Waals surface area contributed by atoms with Crippen molar-refractivity contribution in [2.75, 3.05) is 68.2 Å². The first-order chi connectivity index (χ1) is 14.1. The lowest BCUT2D eigenvalue weighted by atomic mass is 10.1. The Hall–Kier alpha value is -2.61. The van der Waals surface area contributed by atoms with E-state index in [-0.39, 0.29) is 6.10 Å². The number of morpholine rings is 1. The summed E-state index contributed by atoms with van der Waals surface area (Å²) in [6.07, 6.45) is 2.12. The molecular formula is C21H30N6O2. The third-order valence-electron chi connectivity index (χ3n) is 5.34. The van der Waals surface area contributed by atoms with Gasteiger partial charge in [0.15, 0.2) is 0 Å². The van der Waals surface area contributed by atoms with Gasteiger partial charge < -0.3 is 24.2 Å². The molecule has 0 spiro atoms. The van der Waals surface area contributed by atoms with E-state index in [1.165, 1.54) is 5.56 Å². The zero-order chi connectivity index (χ0) is 20.2. The van der Waals surface area contributed by atoms with Crippen LogP contribution in [0.2, 0.25) is 0 Å². The molecule has 2 aliphatic heterocycles. The quantitative estimate of drug-likeness (QED) is 0.759. The molecule has 0 unspecified atom stereocenters. The minimum Gasteiger partial charge on any atom is -0.490 e. The van der Waals surface area contributed by atoms with Gasteiger partial charge in [0, 0.05) is 53.1 Å². The van der Waals surface area contributed by atoms with Crippen molar-refractivity contribution < 1.29 is 9.47 Å². The van der Waals surface area contributed by atoms with Gasteiger partial charge in [-0.3, -0.25) is 0 Å². The van der Waals surface area contributed by atoms with E-state index in [4.69, 9.17) is 19.4 Å². The molecular weight excluding hydrogens is 368 g/mol. The number of anilines is 3. The molecule has 0 bridgehead atoms. The summed E-state index contributed by atoms with van der Waals surface area (Å²) in [5, 5.41) is 0. The van der Waals surface area contributed by atoms with Gasteiger partial charge in [-0.15, -0.1) is 0 Å². The standard InChI is InChI=1S/C21H30N6O2/c1-16-4-6-17(7-5-16)29-18-8-10-26(11-9-18)20-22-19(25(2)3)23-21(24-20)27-12-14-28-15-13-27/h4-7,18H,8-15H2,1-3H3. The normalized spacial score (nSPS) is 18.0. The number of aryl methyl sites for hydroxylation is 1. The largest absolute Gasteiger partial charge is 0.490 e. The molecule has 0 amide bonds. The Labute approximate surface area is 172 Å². The molecule has 1 aromatic carbocycles. The highest BCUT2D eigenvalue weighted by atomic mass is 16.5. The highest BCUT2D eigenvalue weighted by Gasteiger charge is 2.25. The zero-order valence-electron chi connectivity index (χ0n) is 17.5. The third-order valence-corrected chi connectivity index (χ3v) is 5.34. The number of piperidine rings is 1. The van der Waals surface area contributed by atoms with E-state index in [1.54, 1.807) is 0 Å². The number of nitrogens with zero attached hydrogens (tertiary/aromatic N) is 6. The van der Waals surface area contributed by atoms with Gasteiger partial charge in [-0.05, 0) is 19.1 Å². The average Bonchev–Trinajstić information content (AvgIpc) is 2.76. The van der Waals surface area contributed by atoms with E-state index in [2.05, 4.69) is 33.8 Å². The molecule has 29 heavy (non-hydrogen) atoms. The van der Waals surface area contributed by atoms with Crippen LogP contribution in [-0.2, 0) is 4.74 Å². The molecule has 3 heterocycles. The molecule has 4 rings (SSSR count). The second-order valence-electron chi connectivity index (χ2n) is 7.85. The fraction of sp³-hybridized carbons (Fsp3) is 0.571. The van der Waals surface area contributed by atoms with Crippen molar-refractivity contribution in [1.29, 1.82) is 0 Å². The van der Waals surface area contributed by atoms with Crippen LogP contribution in [0.15, 0.2) is 24.3 Å². The molecule has 2 saturated heterocycles. The van der Waals surface area contributed by atoms with E-state index in [9.17, 15) is 0 Å². The summed E-state index contributed by atoms with van der Waals surface area (Å²) in [7, 11) is 3.92. The first-order valence-corrected chi connectivity index (χ1v) is 10.3. The van der Waals surface area contributed by atoms with Crippen molar-refractivity contribution in [3.05, 3.63) is 29.8 Å². The number of ether oxygens (including phenoxy) is 2. The molecule has 8 heteroatoms. The number of hydrogen-bond acceptors (Lipinski definition) is 8.